The Balaban J connectivity index is 0.00000289. The van der Waals surface area contributed by atoms with Gasteiger partial charge in [0.25, 0.3) is 0 Å². The summed E-state index contributed by atoms with van der Waals surface area (Å²) >= 11 is 0. The van der Waals surface area contributed by atoms with E-state index in [1.165, 1.54) is 32.1 Å². The number of methoxy groups -OCH3 is 1. The molecule has 4 aliphatic rings. The van der Waals surface area contributed by atoms with Gasteiger partial charge in [-0.3, -0.25) is 0 Å². The summed E-state index contributed by atoms with van der Waals surface area (Å²) in [5, 5.41) is 11.3. The number of hydrogen-bond donors (Lipinski definition) is 1. The number of rotatable bonds is 5. The van der Waals surface area contributed by atoms with Gasteiger partial charge in [-0.05, 0) is 96.7 Å². The van der Waals surface area contributed by atoms with E-state index in [4.69, 9.17) is 4.74 Å². The van der Waals surface area contributed by atoms with Gasteiger partial charge in [-0.1, -0.05) is 32.9 Å². The molecule has 8 atom stereocenters. The van der Waals surface area contributed by atoms with Gasteiger partial charge in [-0.2, -0.15) is 0 Å². The quantitative estimate of drug-likeness (QED) is 0.239. The maximum atomic E-state index is 11.3. The molecule has 32 heavy (non-hydrogen) atoms. The van der Waals surface area contributed by atoms with Crippen LogP contribution in [0.2, 0.25) is 0 Å². The van der Waals surface area contributed by atoms with Gasteiger partial charge in [-0.25, -0.2) is 19.1 Å². The molecule has 0 saturated heterocycles. The maximum absolute atomic E-state index is 11.3. The van der Waals surface area contributed by atoms with E-state index in [0.29, 0.717) is 18.4 Å². The van der Waals surface area contributed by atoms with Crippen LogP contribution < -0.4 is 0 Å². The summed E-state index contributed by atoms with van der Waals surface area (Å²) in [5.41, 5.74) is 0.942. The molecule has 4 rings (SSSR count). The first-order valence-electron chi connectivity index (χ1n) is 12.4. The minimum atomic E-state index is -0.707. The number of aliphatic hydroxyl groups is 1. The fourth-order valence-corrected chi connectivity index (χ4v) is 9.98. The second-order valence-electron chi connectivity index (χ2n) is 12.5. The van der Waals surface area contributed by atoms with E-state index < -0.39 is 5.60 Å². The summed E-state index contributed by atoms with van der Waals surface area (Å²) in [6, 6.07) is 0. The summed E-state index contributed by atoms with van der Waals surface area (Å²) in [5.74, 6) is 1.03. The van der Waals surface area contributed by atoms with Crippen molar-refractivity contribution in [3.63, 3.8) is 0 Å². The van der Waals surface area contributed by atoms with Crippen molar-refractivity contribution < 1.29 is 29.3 Å². The fourth-order valence-electron chi connectivity index (χ4n) is 9.98. The summed E-state index contributed by atoms with van der Waals surface area (Å²) in [4.78, 5) is 0. The second-order valence-corrected chi connectivity index (χ2v) is 12.5. The van der Waals surface area contributed by atoms with Crippen molar-refractivity contribution in [2.24, 2.45) is 38.9 Å². The van der Waals surface area contributed by atoms with Crippen LogP contribution in [-0.2, 0) is 24.2 Å². The smallest absolute Gasteiger partial charge is 0.0885 e. The Labute approximate surface area is 210 Å². The zero-order chi connectivity index (χ0) is 22.9. The first-order chi connectivity index (χ1) is 14.4. The van der Waals surface area contributed by atoms with Crippen molar-refractivity contribution in [3.8, 4) is 0 Å². The van der Waals surface area contributed by atoms with Crippen molar-refractivity contribution in [1.29, 1.82) is 0 Å². The summed E-state index contributed by atoms with van der Waals surface area (Å²) in [6.07, 6.45) is 14.4. The molecule has 0 unspecified atom stereocenters. The number of allylic oxidation sites excluding steroid dienone is 3. The molecule has 1 N–H and O–H groups in total. The first kappa shape index (κ1) is 26.2. The van der Waals surface area contributed by atoms with Crippen LogP contribution in [0.25, 0.3) is 0 Å². The van der Waals surface area contributed by atoms with Crippen molar-refractivity contribution in [1.82, 2.24) is 0 Å². The number of fused-ring (bicyclic) bond motifs is 5. The molecule has 0 amide bonds. The zero-order valence-electron chi connectivity index (χ0n) is 20.9. The first-order valence-corrected chi connectivity index (χ1v) is 12.4. The molecule has 0 aromatic rings. The van der Waals surface area contributed by atoms with Gasteiger partial charge in [-0.15, -0.1) is 13.2 Å². The van der Waals surface area contributed by atoms with E-state index in [-0.39, 0.29) is 46.6 Å². The molecular formula is C29H45O2Rh-. The number of ether oxygens (including phenoxy) is 1. The van der Waals surface area contributed by atoms with E-state index in [1.54, 1.807) is 7.11 Å². The molecule has 4 saturated carbocycles. The van der Waals surface area contributed by atoms with E-state index >= 15 is 0 Å². The van der Waals surface area contributed by atoms with Crippen molar-refractivity contribution >= 4 is 0 Å². The monoisotopic (exact) mass is 528 g/mol. The van der Waals surface area contributed by atoms with Crippen LogP contribution in [0.4, 0.5) is 0 Å². The van der Waals surface area contributed by atoms with Crippen LogP contribution >= 0.6 is 0 Å². The fraction of sp³-hybridized carbons (Fsp3) is 0.759. The molecule has 4 aliphatic carbocycles. The average molecular weight is 529 g/mol. The molecule has 0 heterocycles. The minimum absolute atomic E-state index is 0. The Morgan fingerprint density at radius 3 is 2.22 bits per heavy atom. The molecule has 0 aromatic carbocycles. The van der Waals surface area contributed by atoms with E-state index in [2.05, 4.69) is 59.6 Å². The molecule has 183 valence electrons. The Morgan fingerprint density at radius 1 is 1.00 bits per heavy atom. The molecular weight excluding hydrogens is 483 g/mol. The van der Waals surface area contributed by atoms with Gasteiger partial charge < -0.3 is 9.84 Å². The molecule has 0 spiro atoms. The third-order valence-electron chi connectivity index (χ3n) is 11.8. The van der Waals surface area contributed by atoms with E-state index in [0.717, 1.165) is 31.3 Å². The van der Waals surface area contributed by atoms with Crippen LogP contribution in [0.1, 0.15) is 78.6 Å². The second kappa shape index (κ2) is 8.10. The van der Waals surface area contributed by atoms with E-state index in [9.17, 15) is 5.11 Å². The van der Waals surface area contributed by atoms with E-state index in [1.807, 2.05) is 0 Å². The molecule has 3 heteroatoms. The average Bonchev–Trinajstić information content (AvgIpc) is 3.02. The molecule has 4 fully saturated rings. The van der Waals surface area contributed by atoms with Crippen LogP contribution in [0, 0.1) is 45.8 Å². The Morgan fingerprint density at radius 2 is 1.66 bits per heavy atom. The molecule has 0 bridgehead atoms. The maximum Gasteiger partial charge on any atom is 0.0885 e. The normalized spacial score (nSPS) is 52.0. The molecule has 2 nitrogen and oxygen atoms in total. The van der Waals surface area contributed by atoms with Gasteiger partial charge in [0.2, 0.25) is 0 Å². The van der Waals surface area contributed by atoms with Gasteiger partial charge in [0, 0.05) is 26.6 Å². The summed E-state index contributed by atoms with van der Waals surface area (Å²) < 4.78 is 5.44. The zero-order valence-corrected chi connectivity index (χ0v) is 22.5. The largest absolute Gasteiger partial charge is 0.387 e. The topological polar surface area (TPSA) is 29.5 Å². The minimum Gasteiger partial charge on any atom is -0.387 e. The number of hydrogen-bond acceptors (Lipinski definition) is 2. The Kier molecular flexibility index (Phi) is 6.64. The third kappa shape index (κ3) is 2.96. The Bertz CT molecular complexity index is 792. The predicted octanol–water partition coefficient (Wildman–Crippen LogP) is 6.91. The van der Waals surface area contributed by atoms with Crippen molar-refractivity contribution in [3.05, 3.63) is 44.4 Å². The van der Waals surface area contributed by atoms with Gasteiger partial charge in [0.15, 0.2) is 0 Å². The summed E-state index contributed by atoms with van der Waals surface area (Å²) in [6.45, 7) is 25.5. The summed E-state index contributed by atoms with van der Waals surface area (Å²) in [7, 11) is 1.71. The standard InChI is InChI=1S/C29H45O2.Rh/c1-9-28-14-11-22(21(3)4)25(28,6)15-18-29(10-2)23(28)12-13-24(5)19-27(30,20-31-8)17-16-26(24,29)7;/h9-10,22-23,30H,1-4,11-20H2,5-8H3;/q-1;/t22-,23+,24-,25-,26+,27-,28+,29+;/m1./s1. The van der Waals surface area contributed by atoms with Gasteiger partial charge >= 0.3 is 0 Å². The van der Waals surface area contributed by atoms with Crippen molar-refractivity contribution in [2.45, 2.75) is 84.2 Å². The third-order valence-corrected chi connectivity index (χ3v) is 11.8. The van der Waals surface area contributed by atoms with Gasteiger partial charge in [0.1, 0.15) is 0 Å². The van der Waals surface area contributed by atoms with Crippen LogP contribution in [0.15, 0.2) is 37.5 Å². The van der Waals surface area contributed by atoms with Gasteiger partial charge in [0.05, 0.1) is 12.2 Å². The van der Waals surface area contributed by atoms with Crippen LogP contribution in [0.3, 0.4) is 0 Å². The van der Waals surface area contributed by atoms with Crippen molar-refractivity contribution in [2.75, 3.05) is 13.7 Å². The Hall–Kier alpha value is -0.367. The SMILES string of the molecule is C=C[C@]12CC[C@]3(C)[C@@H](C(=C)[CH2-])CC[C@@]3(C=C)[C@@H]1CC[C@]1(C)C[C@@](O)(COC)CC[C@@]12C.[Rh]. The molecule has 0 aromatic heterocycles. The van der Waals surface area contributed by atoms with Crippen LogP contribution in [0.5, 0.6) is 0 Å². The molecule has 1 radical (unpaired) electrons. The predicted molar refractivity (Wildman–Crippen MR) is 129 cm³/mol. The molecule has 0 aliphatic heterocycles. The van der Waals surface area contributed by atoms with Crippen LogP contribution in [-0.4, -0.2) is 24.4 Å².